The van der Waals surface area contributed by atoms with Crippen molar-refractivity contribution in [3.8, 4) is 5.88 Å². The molecule has 2 aliphatic carbocycles. The van der Waals surface area contributed by atoms with Crippen molar-refractivity contribution < 1.29 is 17.9 Å². The molecule has 0 spiro atoms. The Morgan fingerprint density at radius 1 is 1.07 bits per heavy atom. The van der Waals surface area contributed by atoms with E-state index in [-0.39, 0.29) is 25.9 Å². The molecule has 0 amide bonds. The van der Waals surface area contributed by atoms with Gasteiger partial charge in [0.15, 0.2) is 0 Å². The summed E-state index contributed by atoms with van der Waals surface area (Å²) in [6, 6.07) is 10.2. The minimum Gasteiger partial charge on any atom is -0.478 e. The topological polar surface area (TPSA) is 38.2 Å². The van der Waals surface area contributed by atoms with Gasteiger partial charge in [-0.25, -0.2) is 4.98 Å². The number of alkyl halides is 3. The number of ether oxygens (including phenoxy) is 1. The van der Waals surface area contributed by atoms with E-state index >= 15 is 0 Å². The molecule has 0 radical (unpaired) electrons. The van der Waals surface area contributed by atoms with E-state index < -0.39 is 11.6 Å². The Kier molecular flexibility index (Phi) is 4.53. The van der Waals surface area contributed by atoms with Crippen LogP contribution < -0.4 is 4.74 Å². The molecule has 0 atom stereocenters. The van der Waals surface area contributed by atoms with Crippen molar-refractivity contribution in [1.82, 2.24) is 14.9 Å². The van der Waals surface area contributed by atoms with Crippen LogP contribution in [0, 0.1) is 5.41 Å². The van der Waals surface area contributed by atoms with E-state index in [0.29, 0.717) is 18.3 Å². The van der Waals surface area contributed by atoms with Gasteiger partial charge in [-0.2, -0.15) is 18.2 Å². The van der Waals surface area contributed by atoms with E-state index in [4.69, 9.17) is 9.72 Å². The molecule has 0 saturated heterocycles. The van der Waals surface area contributed by atoms with Crippen LogP contribution in [0.15, 0.2) is 30.3 Å². The molecule has 2 aromatic rings. The Bertz CT molecular complexity index is 881. The Hall–Kier alpha value is -2.15. The second-order valence-corrected chi connectivity index (χ2v) is 8.62. The third kappa shape index (κ3) is 3.97. The lowest BCUT2D eigenvalue weighted by Crippen LogP contribution is -2.26. The van der Waals surface area contributed by atoms with Crippen LogP contribution >= 0.6 is 0 Å². The molecular formula is C22H24F3N3O. The fraction of sp³-hybridized carbons (Fsp3) is 0.545. The summed E-state index contributed by atoms with van der Waals surface area (Å²) in [7, 11) is 0. The van der Waals surface area contributed by atoms with Crippen molar-refractivity contribution in [3.05, 3.63) is 53.0 Å². The average Bonchev–Trinajstić information content (AvgIpc) is 3.58. The molecule has 1 aliphatic heterocycles. The van der Waals surface area contributed by atoms with E-state index in [9.17, 15) is 13.2 Å². The number of rotatable bonds is 7. The number of aromatic nitrogens is 2. The SMILES string of the molecule is FC(F)(F)C1(CCOc2cc(CN3Cc4ccccc4C3)nc(C3CC3)n2)CC1. The lowest BCUT2D eigenvalue weighted by molar-refractivity contribution is -0.190. The van der Waals surface area contributed by atoms with Gasteiger partial charge in [-0.1, -0.05) is 24.3 Å². The summed E-state index contributed by atoms with van der Waals surface area (Å²) in [6.45, 7) is 2.47. The monoisotopic (exact) mass is 403 g/mol. The van der Waals surface area contributed by atoms with Crippen LogP contribution in [0.2, 0.25) is 0 Å². The van der Waals surface area contributed by atoms with Gasteiger partial charge in [0.25, 0.3) is 0 Å². The van der Waals surface area contributed by atoms with Gasteiger partial charge in [0.2, 0.25) is 5.88 Å². The highest BCUT2D eigenvalue weighted by atomic mass is 19.4. The number of fused-ring (bicyclic) bond motifs is 1. The van der Waals surface area contributed by atoms with E-state index in [1.807, 2.05) is 0 Å². The molecular weight excluding hydrogens is 379 g/mol. The summed E-state index contributed by atoms with van der Waals surface area (Å²) >= 11 is 0. The number of benzene rings is 1. The summed E-state index contributed by atoms with van der Waals surface area (Å²) in [5.41, 5.74) is 2.01. The van der Waals surface area contributed by atoms with Crippen molar-refractivity contribution in [3.63, 3.8) is 0 Å². The van der Waals surface area contributed by atoms with Crippen molar-refractivity contribution >= 4 is 0 Å². The normalized spacial score (nSPS) is 20.5. The highest BCUT2D eigenvalue weighted by molar-refractivity contribution is 5.30. The van der Waals surface area contributed by atoms with Gasteiger partial charge in [-0.3, -0.25) is 4.90 Å². The highest BCUT2D eigenvalue weighted by Crippen LogP contribution is 2.59. The number of halogens is 3. The molecule has 4 nitrogen and oxygen atoms in total. The van der Waals surface area contributed by atoms with Crippen LogP contribution in [0.1, 0.15) is 60.7 Å². The van der Waals surface area contributed by atoms with E-state index in [2.05, 4.69) is 34.1 Å². The Labute approximate surface area is 168 Å². The number of nitrogens with zero attached hydrogens (tertiary/aromatic N) is 3. The van der Waals surface area contributed by atoms with Gasteiger partial charge >= 0.3 is 6.18 Å². The first-order valence-corrected chi connectivity index (χ1v) is 10.3. The van der Waals surface area contributed by atoms with Gasteiger partial charge in [0, 0.05) is 31.6 Å². The average molecular weight is 403 g/mol. The fourth-order valence-electron chi connectivity index (χ4n) is 4.09. The standard InChI is InChI=1S/C22H24F3N3O/c23-22(24,25)21(7-8-21)9-10-29-19-11-18(26-20(27-19)15-5-6-15)14-28-12-16-3-1-2-4-17(16)13-28/h1-4,11,15H,5-10,12-14H2. The van der Waals surface area contributed by atoms with Crippen LogP contribution in [0.3, 0.4) is 0 Å². The van der Waals surface area contributed by atoms with Gasteiger partial charge in [0.05, 0.1) is 17.7 Å². The minimum atomic E-state index is -4.14. The molecule has 7 heteroatoms. The zero-order valence-corrected chi connectivity index (χ0v) is 16.2. The van der Waals surface area contributed by atoms with E-state index in [0.717, 1.165) is 37.4 Å². The lowest BCUT2D eigenvalue weighted by Gasteiger charge is -2.19. The van der Waals surface area contributed by atoms with Crippen LogP contribution in [-0.4, -0.2) is 27.7 Å². The quantitative estimate of drug-likeness (QED) is 0.654. The second kappa shape index (κ2) is 6.97. The summed E-state index contributed by atoms with van der Waals surface area (Å²) in [4.78, 5) is 11.5. The first kappa shape index (κ1) is 18.9. The molecule has 29 heavy (non-hydrogen) atoms. The maximum atomic E-state index is 13.1. The highest BCUT2D eigenvalue weighted by Gasteiger charge is 2.62. The minimum absolute atomic E-state index is 0.00394. The van der Waals surface area contributed by atoms with Gasteiger partial charge in [0.1, 0.15) is 5.82 Å². The number of hydrogen-bond donors (Lipinski definition) is 0. The van der Waals surface area contributed by atoms with E-state index in [1.54, 1.807) is 6.07 Å². The summed E-state index contributed by atoms with van der Waals surface area (Å²) in [5, 5.41) is 0. The summed E-state index contributed by atoms with van der Waals surface area (Å²) < 4.78 is 45.0. The molecule has 0 bridgehead atoms. The molecule has 0 unspecified atom stereocenters. The predicted octanol–water partition coefficient (Wildman–Crippen LogP) is 4.98. The Morgan fingerprint density at radius 3 is 2.34 bits per heavy atom. The van der Waals surface area contributed by atoms with Gasteiger partial charge in [-0.15, -0.1) is 0 Å². The summed E-state index contributed by atoms with van der Waals surface area (Å²) in [5.74, 6) is 1.54. The molecule has 1 aromatic heterocycles. The molecule has 5 rings (SSSR count). The lowest BCUT2D eigenvalue weighted by atomic mass is 10.0. The third-order valence-electron chi connectivity index (χ3n) is 6.29. The molecule has 3 aliphatic rings. The zero-order valence-electron chi connectivity index (χ0n) is 16.2. The van der Waals surface area contributed by atoms with Gasteiger partial charge in [-0.05, 0) is 43.2 Å². The maximum absolute atomic E-state index is 13.1. The first-order chi connectivity index (χ1) is 13.9. The predicted molar refractivity (Wildman–Crippen MR) is 101 cm³/mol. The second-order valence-electron chi connectivity index (χ2n) is 8.62. The van der Waals surface area contributed by atoms with Crippen LogP contribution in [0.25, 0.3) is 0 Å². The molecule has 1 aromatic carbocycles. The molecule has 2 heterocycles. The van der Waals surface area contributed by atoms with E-state index in [1.165, 1.54) is 11.1 Å². The van der Waals surface area contributed by atoms with Crippen molar-refractivity contribution in [2.24, 2.45) is 5.41 Å². The molecule has 0 N–H and O–H groups in total. The smallest absolute Gasteiger partial charge is 0.394 e. The molecule has 154 valence electrons. The van der Waals surface area contributed by atoms with Crippen molar-refractivity contribution in [2.45, 2.75) is 63.8 Å². The third-order valence-corrected chi connectivity index (χ3v) is 6.29. The zero-order chi connectivity index (χ0) is 20.1. The van der Waals surface area contributed by atoms with Crippen LogP contribution in [0.5, 0.6) is 5.88 Å². The first-order valence-electron chi connectivity index (χ1n) is 10.3. The maximum Gasteiger partial charge on any atom is 0.394 e. The number of hydrogen-bond acceptors (Lipinski definition) is 4. The Morgan fingerprint density at radius 2 is 1.76 bits per heavy atom. The van der Waals surface area contributed by atoms with Crippen molar-refractivity contribution in [1.29, 1.82) is 0 Å². The van der Waals surface area contributed by atoms with Crippen LogP contribution in [-0.2, 0) is 19.6 Å². The molecule has 2 fully saturated rings. The fourth-order valence-corrected chi connectivity index (χ4v) is 4.09. The molecule has 2 saturated carbocycles. The van der Waals surface area contributed by atoms with Crippen LogP contribution in [0.4, 0.5) is 13.2 Å². The largest absolute Gasteiger partial charge is 0.478 e. The van der Waals surface area contributed by atoms with Gasteiger partial charge < -0.3 is 4.74 Å². The van der Waals surface area contributed by atoms with Crippen molar-refractivity contribution in [2.75, 3.05) is 6.61 Å². The Balaban J connectivity index is 1.26. The summed E-state index contributed by atoms with van der Waals surface area (Å²) in [6.07, 6.45) is -1.60.